The summed E-state index contributed by atoms with van der Waals surface area (Å²) >= 11 is 6.09. The van der Waals surface area contributed by atoms with Crippen LogP contribution in [0.5, 0.6) is 11.5 Å². The Balaban J connectivity index is 1.90. The first-order valence-corrected chi connectivity index (χ1v) is 12.8. The van der Waals surface area contributed by atoms with Crippen LogP contribution in [0.4, 0.5) is 0 Å². The summed E-state index contributed by atoms with van der Waals surface area (Å²) in [6, 6.07) is 22.0. The van der Waals surface area contributed by atoms with Crippen LogP contribution >= 0.6 is 11.6 Å². The molecule has 3 aromatic rings. The summed E-state index contributed by atoms with van der Waals surface area (Å²) in [5.41, 5.74) is 2.84. The molecule has 0 aliphatic carbocycles. The van der Waals surface area contributed by atoms with Crippen molar-refractivity contribution in [2.24, 2.45) is 0 Å². The highest BCUT2D eigenvalue weighted by molar-refractivity contribution is 6.30. The molecule has 2 amide bonds. The number of nitrogens with zero attached hydrogens (tertiary/aromatic N) is 1. The summed E-state index contributed by atoms with van der Waals surface area (Å²) in [6.45, 7) is 4.13. The molecule has 196 valence electrons. The Morgan fingerprint density at radius 2 is 1.51 bits per heavy atom. The lowest BCUT2D eigenvalue weighted by Crippen LogP contribution is -2.51. The molecular weight excluding hydrogens is 488 g/mol. The summed E-state index contributed by atoms with van der Waals surface area (Å²) in [7, 11) is 3.17. The lowest BCUT2D eigenvalue weighted by Gasteiger charge is -2.32. The lowest BCUT2D eigenvalue weighted by molar-refractivity contribution is -0.141. The molecule has 0 aliphatic rings. The number of halogens is 1. The van der Waals surface area contributed by atoms with Gasteiger partial charge in [-0.05, 0) is 61.2 Å². The van der Waals surface area contributed by atoms with Gasteiger partial charge in [0.1, 0.15) is 6.04 Å². The number of ether oxygens (including phenoxy) is 2. The van der Waals surface area contributed by atoms with E-state index in [0.29, 0.717) is 35.9 Å². The van der Waals surface area contributed by atoms with Gasteiger partial charge in [-0.1, -0.05) is 60.1 Å². The van der Waals surface area contributed by atoms with Crippen LogP contribution in [-0.4, -0.2) is 43.0 Å². The third-order valence-electron chi connectivity index (χ3n) is 6.04. The van der Waals surface area contributed by atoms with E-state index in [9.17, 15) is 9.59 Å². The number of benzene rings is 3. The van der Waals surface area contributed by atoms with Gasteiger partial charge in [0.05, 0.1) is 14.2 Å². The maximum Gasteiger partial charge on any atom is 0.243 e. The van der Waals surface area contributed by atoms with E-state index in [4.69, 9.17) is 21.1 Å². The molecule has 1 atom stereocenters. The minimum absolute atomic E-state index is 0.0509. The minimum atomic E-state index is -0.668. The van der Waals surface area contributed by atoms with Crippen molar-refractivity contribution in [1.82, 2.24) is 10.2 Å². The third kappa shape index (κ3) is 8.25. The number of carbonyl (C=O) groups excluding carboxylic acids is 2. The fraction of sp³-hybridized carbons (Fsp3) is 0.333. The van der Waals surface area contributed by atoms with Gasteiger partial charge in [0, 0.05) is 30.5 Å². The first-order chi connectivity index (χ1) is 17.8. The molecule has 3 rings (SSSR count). The minimum Gasteiger partial charge on any atom is -0.493 e. The van der Waals surface area contributed by atoms with Crippen LogP contribution in [-0.2, 0) is 29.0 Å². The molecule has 0 aliphatic heterocycles. The van der Waals surface area contributed by atoms with Crippen LogP contribution in [0.1, 0.15) is 37.0 Å². The van der Waals surface area contributed by atoms with Gasteiger partial charge < -0.3 is 19.7 Å². The topological polar surface area (TPSA) is 67.9 Å². The van der Waals surface area contributed by atoms with Gasteiger partial charge in [0.25, 0.3) is 0 Å². The summed E-state index contributed by atoms with van der Waals surface area (Å²) in [6.07, 6.45) is 1.15. The molecule has 0 radical (unpaired) electrons. The Morgan fingerprint density at radius 3 is 2.14 bits per heavy atom. The van der Waals surface area contributed by atoms with Crippen LogP contribution in [0.25, 0.3) is 0 Å². The van der Waals surface area contributed by atoms with Gasteiger partial charge in [-0.3, -0.25) is 9.59 Å². The molecule has 37 heavy (non-hydrogen) atoms. The predicted octanol–water partition coefficient (Wildman–Crippen LogP) is 5.45. The van der Waals surface area contributed by atoms with Crippen LogP contribution in [0, 0.1) is 0 Å². The number of aryl methyl sites for hydroxylation is 1. The number of rotatable bonds is 12. The molecule has 6 nitrogen and oxygen atoms in total. The molecule has 3 aromatic carbocycles. The normalized spacial score (nSPS) is 11.6. The van der Waals surface area contributed by atoms with Crippen molar-refractivity contribution in [3.05, 3.63) is 94.5 Å². The lowest BCUT2D eigenvalue weighted by atomic mass is 10.0. The number of hydrogen-bond donors (Lipinski definition) is 1. The fourth-order valence-corrected chi connectivity index (χ4v) is 4.28. The Kier molecular flexibility index (Phi) is 10.4. The van der Waals surface area contributed by atoms with Crippen LogP contribution in [0.3, 0.4) is 0 Å². The quantitative estimate of drug-likeness (QED) is 0.343. The maximum atomic E-state index is 13.8. The van der Waals surface area contributed by atoms with E-state index in [0.717, 1.165) is 16.7 Å². The maximum absolute atomic E-state index is 13.8. The largest absolute Gasteiger partial charge is 0.493 e. The zero-order valence-corrected chi connectivity index (χ0v) is 22.6. The van der Waals surface area contributed by atoms with Gasteiger partial charge in [0.2, 0.25) is 11.8 Å². The molecule has 0 aromatic heterocycles. The van der Waals surface area contributed by atoms with E-state index in [-0.39, 0.29) is 24.3 Å². The first kappa shape index (κ1) is 28.1. The van der Waals surface area contributed by atoms with Crippen molar-refractivity contribution in [3.63, 3.8) is 0 Å². The van der Waals surface area contributed by atoms with Crippen molar-refractivity contribution in [1.29, 1.82) is 0 Å². The summed E-state index contributed by atoms with van der Waals surface area (Å²) in [4.78, 5) is 28.9. The van der Waals surface area contributed by atoms with Crippen molar-refractivity contribution in [2.45, 2.75) is 51.7 Å². The van der Waals surface area contributed by atoms with E-state index in [2.05, 4.69) is 5.32 Å². The Labute approximate surface area is 224 Å². The van der Waals surface area contributed by atoms with Crippen molar-refractivity contribution >= 4 is 23.4 Å². The monoisotopic (exact) mass is 522 g/mol. The Hall–Kier alpha value is -3.51. The number of methoxy groups -OCH3 is 2. The van der Waals surface area contributed by atoms with Gasteiger partial charge in [-0.15, -0.1) is 0 Å². The molecule has 0 fully saturated rings. The molecule has 0 unspecified atom stereocenters. The fourth-order valence-electron chi connectivity index (χ4n) is 4.15. The molecule has 0 saturated heterocycles. The molecule has 1 N–H and O–H groups in total. The summed E-state index contributed by atoms with van der Waals surface area (Å²) < 4.78 is 10.7. The highest BCUT2D eigenvalue weighted by atomic mass is 35.5. The Bertz CT molecular complexity index is 1170. The van der Waals surface area contributed by atoms with E-state index >= 15 is 0 Å². The smallest absolute Gasteiger partial charge is 0.243 e. The first-order valence-electron chi connectivity index (χ1n) is 12.4. The third-order valence-corrected chi connectivity index (χ3v) is 6.30. The van der Waals surface area contributed by atoms with Crippen LogP contribution in [0.2, 0.25) is 5.02 Å². The zero-order valence-electron chi connectivity index (χ0n) is 21.9. The van der Waals surface area contributed by atoms with E-state index in [1.807, 2.05) is 74.5 Å². The summed E-state index contributed by atoms with van der Waals surface area (Å²) in [5.74, 6) is 0.968. The van der Waals surface area contributed by atoms with Gasteiger partial charge in [-0.2, -0.15) is 0 Å². The standard InChI is InChI=1S/C30H35ClN2O4/c1-21(2)32-30(35)26(18-22-8-6-5-7-9-22)33(20-24-10-14-25(31)15-11-24)29(34)17-13-23-12-16-27(36-3)28(19-23)37-4/h5-12,14-16,19,21,26H,13,17-18,20H2,1-4H3,(H,32,35)/t26-/m1/s1. The number of nitrogens with one attached hydrogen (secondary N) is 1. The van der Waals surface area contributed by atoms with Gasteiger partial charge in [-0.25, -0.2) is 0 Å². The number of carbonyl (C=O) groups is 2. The molecular formula is C30H35ClN2O4. The van der Waals surface area contributed by atoms with Crippen molar-refractivity contribution in [3.8, 4) is 11.5 Å². The van der Waals surface area contributed by atoms with E-state index in [1.165, 1.54) is 0 Å². The average molecular weight is 523 g/mol. The SMILES string of the molecule is COc1ccc(CCC(=O)N(Cc2ccc(Cl)cc2)[C@H](Cc2ccccc2)C(=O)NC(C)C)cc1OC. The second-order valence-electron chi connectivity index (χ2n) is 9.21. The highest BCUT2D eigenvalue weighted by Crippen LogP contribution is 2.28. The summed E-state index contributed by atoms with van der Waals surface area (Å²) in [5, 5.41) is 3.63. The Morgan fingerprint density at radius 1 is 0.865 bits per heavy atom. The second-order valence-corrected chi connectivity index (χ2v) is 9.64. The van der Waals surface area contributed by atoms with Gasteiger partial charge in [0.15, 0.2) is 11.5 Å². The predicted molar refractivity (Wildman–Crippen MR) is 147 cm³/mol. The van der Waals surface area contributed by atoms with E-state index in [1.54, 1.807) is 31.3 Å². The second kappa shape index (κ2) is 13.7. The molecule has 7 heteroatoms. The molecule has 0 spiro atoms. The molecule has 0 saturated carbocycles. The van der Waals surface area contributed by atoms with Crippen LogP contribution < -0.4 is 14.8 Å². The molecule has 0 bridgehead atoms. The van der Waals surface area contributed by atoms with Crippen molar-refractivity contribution < 1.29 is 19.1 Å². The average Bonchev–Trinajstić information content (AvgIpc) is 2.90. The van der Waals surface area contributed by atoms with Gasteiger partial charge >= 0.3 is 0 Å². The molecule has 0 heterocycles. The number of amides is 2. The van der Waals surface area contributed by atoms with Crippen LogP contribution in [0.15, 0.2) is 72.8 Å². The zero-order chi connectivity index (χ0) is 26.8. The number of hydrogen-bond acceptors (Lipinski definition) is 4. The van der Waals surface area contributed by atoms with Crippen molar-refractivity contribution in [2.75, 3.05) is 14.2 Å². The highest BCUT2D eigenvalue weighted by Gasteiger charge is 2.30. The van der Waals surface area contributed by atoms with E-state index < -0.39 is 6.04 Å².